The lowest BCUT2D eigenvalue weighted by atomic mass is 10.2. The second-order valence-electron chi connectivity index (χ2n) is 5.24. The van der Waals surface area contributed by atoms with Gasteiger partial charge in [0.2, 0.25) is 0 Å². The number of benzene rings is 1. The Morgan fingerprint density at radius 3 is 2.63 bits per heavy atom. The molecule has 0 aliphatic heterocycles. The summed E-state index contributed by atoms with van der Waals surface area (Å²) in [5.41, 5.74) is 0.332. The number of aromatic nitrogens is 3. The van der Waals surface area contributed by atoms with Crippen LogP contribution >= 0.6 is 24.0 Å². The third-order valence-corrected chi connectivity index (χ3v) is 3.40. The maximum absolute atomic E-state index is 12.5. The zero-order valence-corrected chi connectivity index (χ0v) is 17.3. The Morgan fingerprint density at radius 2 is 1.96 bits per heavy atom. The van der Waals surface area contributed by atoms with E-state index < -0.39 is 6.36 Å². The summed E-state index contributed by atoms with van der Waals surface area (Å²) < 4.78 is 43.4. The molecule has 0 bridgehead atoms. The Hall–Kier alpha value is -2.05. The number of hydrogen-bond acceptors (Lipinski definition) is 4. The largest absolute Gasteiger partial charge is 0.573 e. The first-order chi connectivity index (χ1) is 12.4. The number of guanidine groups is 1. The molecular formula is C16H22F3IN6O. The number of alkyl halides is 3. The SMILES string of the molecule is CCNC(=NCc1ccccc1OC(F)(F)F)NCc1nncn1CC.I. The van der Waals surface area contributed by atoms with Gasteiger partial charge in [-0.3, -0.25) is 0 Å². The summed E-state index contributed by atoms with van der Waals surface area (Å²) in [6, 6.07) is 5.93. The Morgan fingerprint density at radius 1 is 1.22 bits per heavy atom. The number of nitrogens with one attached hydrogen (secondary N) is 2. The smallest absolute Gasteiger partial charge is 0.405 e. The molecule has 2 aromatic rings. The van der Waals surface area contributed by atoms with Crippen LogP contribution in [0.4, 0.5) is 13.2 Å². The number of aliphatic imine (C=N–C) groups is 1. The van der Waals surface area contributed by atoms with Gasteiger partial charge in [0.15, 0.2) is 11.8 Å². The van der Waals surface area contributed by atoms with Crippen molar-refractivity contribution in [3.05, 3.63) is 42.0 Å². The second kappa shape index (κ2) is 10.9. The van der Waals surface area contributed by atoms with Crippen molar-refractivity contribution in [2.45, 2.75) is 39.8 Å². The Labute approximate surface area is 172 Å². The fourth-order valence-corrected chi connectivity index (χ4v) is 2.21. The molecule has 1 aromatic heterocycles. The van der Waals surface area contributed by atoms with Crippen molar-refractivity contribution in [3.8, 4) is 5.75 Å². The highest BCUT2D eigenvalue weighted by Gasteiger charge is 2.31. The molecule has 0 saturated heterocycles. The topological polar surface area (TPSA) is 76.4 Å². The van der Waals surface area contributed by atoms with Crippen LogP contribution in [0.5, 0.6) is 5.75 Å². The first kappa shape index (κ1) is 23.0. The van der Waals surface area contributed by atoms with E-state index in [1.807, 2.05) is 18.4 Å². The van der Waals surface area contributed by atoms with E-state index in [4.69, 9.17) is 0 Å². The van der Waals surface area contributed by atoms with Crippen molar-refractivity contribution < 1.29 is 17.9 Å². The summed E-state index contributed by atoms with van der Waals surface area (Å²) in [4.78, 5) is 4.32. The Kier molecular flexibility index (Phi) is 9.32. The van der Waals surface area contributed by atoms with Crippen LogP contribution in [0, 0.1) is 0 Å². The van der Waals surface area contributed by atoms with Gasteiger partial charge in [0.1, 0.15) is 12.1 Å². The third-order valence-electron chi connectivity index (χ3n) is 3.40. The molecule has 0 atom stereocenters. The van der Waals surface area contributed by atoms with Gasteiger partial charge in [-0.25, -0.2) is 4.99 Å². The van der Waals surface area contributed by atoms with Crippen molar-refractivity contribution in [1.82, 2.24) is 25.4 Å². The van der Waals surface area contributed by atoms with Crippen LogP contribution in [-0.2, 0) is 19.6 Å². The lowest BCUT2D eigenvalue weighted by Crippen LogP contribution is -2.37. The molecule has 0 radical (unpaired) electrons. The van der Waals surface area contributed by atoms with Gasteiger partial charge in [-0.1, -0.05) is 18.2 Å². The van der Waals surface area contributed by atoms with Gasteiger partial charge in [-0.2, -0.15) is 0 Å². The highest BCUT2D eigenvalue weighted by molar-refractivity contribution is 14.0. The van der Waals surface area contributed by atoms with E-state index in [-0.39, 0.29) is 36.3 Å². The minimum Gasteiger partial charge on any atom is -0.405 e. The average Bonchev–Trinajstić information content (AvgIpc) is 3.04. The Bertz CT molecular complexity index is 735. The van der Waals surface area contributed by atoms with E-state index in [2.05, 4.69) is 30.6 Å². The van der Waals surface area contributed by atoms with Gasteiger partial charge < -0.3 is 19.9 Å². The lowest BCUT2D eigenvalue weighted by molar-refractivity contribution is -0.274. The van der Waals surface area contributed by atoms with Gasteiger partial charge in [-0.05, 0) is 19.9 Å². The maximum Gasteiger partial charge on any atom is 0.573 e. The first-order valence-corrected chi connectivity index (χ1v) is 8.15. The number of aryl methyl sites for hydroxylation is 1. The van der Waals surface area contributed by atoms with E-state index in [0.29, 0.717) is 24.6 Å². The van der Waals surface area contributed by atoms with E-state index in [1.54, 1.807) is 18.5 Å². The summed E-state index contributed by atoms with van der Waals surface area (Å²) in [6.07, 6.45) is -3.11. The van der Waals surface area contributed by atoms with Crippen molar-refractivity contribution in [2.24, 2.45) is 4.99 Å². The van der Waals surface area contributed by atoms with E-state index in [0.717, 1.165) is 12.4 Å². The van der Waals surface area contributed by atoms with Crippen LogP contribution in [0.15, 0.2) is 35.6 Å². The molecule has 0 aliphatic carbocycles. The van der Waals surface area contributed by atoms with Crippen molar-refractivity contribution >= 4 is 29.9 Å². The summed E-state index contributed by atoms with van der Waals surface area (Å²) in [7, 11) is 0. The molecular weight excluding hydrogens is 476 g/mol. The van der Waals surface area contributed by atoms with Crippen LogP contribution in [-0.4, -0.2) is 33.6 Å². The molecule has 0 saturated carbocycles. The van der Waals surface area contributed by atoms with E-state index >= 15 is 0 Å². The van der Waals surface area contributed by atoms with Gasteiger partial charge in [0.25, 0.3) is 0 Å². The minimum atomic E-state index is -4.74. The first-order valence-electron chi connectivity index (χ1n) is 8.15. The molecule has 27 heavy (non-hydrogen) atoms. The zero-order valence-electron chi connectivity index (χ0n) is 15.0. The quantitative estimate of drug-likeness (QED) is 0.349. The van der Waals surface area contributed by atoms with Crippen LogP contribution in [0.1, 0.15) is 25.2 Å². The predicted molar refractivity (Wildman–Crippen MR) is 106 cm³/mol. The highest BCUT2D eigenvalue weighted by atomic mass is 127. The minimum absolute atomic E-state index is 0. The number of nitrogens with zero attached hydrogens (tertiary/aromatic N) is 4. The molecule has 0 aliphatic rings. The highest BCUT2D eigenvalue weighted by Crippen LogP contribution is 2.26. The number of hydrogen-bond donors (Lipinski definition) is 2. The zero-order chi connectivity index (χ0) is 19.0. The van der Waals surface area contributed by atoms with E-state index in [1.165, 1.54) is 12.1 Å². The molecule has 2 rings (SSSR count). The number of rotatable bonds is 7. The summed E-state index contributed by atoms with van der Waals surface area (Å²) in [5, 5.41) is 14.0. The normalized spacial score (nSPS) is 11.7. The third kappa shape index (κ3) is 7.61. The van der Waals surface area contributed by atoms with E-state index in [9.17, 15) is 13.2 Å². The molecule has 7 nitrogen and oxygen atoms in total. The molecule has 150 valence electrons. The fraction of sp³-hybridized carbons (Fsp3) is 0.438. The van der Waals surface area contributed by atoms with Crippen LogP contribution in [0.3, 0.4) is 0 Å². The number of halogens is 4. The summed E-state index contributed by atoms with van der Waals surface area (Å²) in [6.45, 7) is 5.63. The fourth-order valence-electron chi connectivity index (χ4n) is 2.21. The molecule has 0 spiro atoms. The molecule has 2 N–H and O–H groups in total. The molecule has 1 heterocycles. The number of para-hydroxylation sites is 1. The van der Waals surface area contributed by atoms with Crippen molar-refractivity contribution in [2.75, 3.05) is 6.54 Å². The Balaban J connectivity index is 0.00000364. The predicted octanol–water partition coefficient (Wildman–Crippen LogP) is 3.07. The lowest BCUT2D eigenvalue weighted by Gasteiger charge is -2.14. The van der Waals surface area contributed by atoms with Crippen molar-refractivity contribution in [1.29, 1.82) is 0 Å². The van der Waals surface area contributed by atoms with Crippen LogP contribution in [0.25, 0.3) is 0 Å². The molecule has 0 amide bonds. The molecule has 0 fully saturated rings. The van der Waals surface area contributed by atoms with Gasteiger partial charge in [-0.15, -0.1) is 47.3 Å². The monoisotopic (exact) mass is 498 g/mol. The second-order valence-corrected chi connectivity index (χ2v) is 5.24. The average molecular weight is 498 g/mol. The van der Waals surface area contributed by atoms with Crippen molar-refractivity contribution in [3.63, 3.8) is 0 Å². The van der Waals surface area contributed by atoms with Gasteiger partial charge in [0.05, 0.1) is 13.1 Å². The van der Waals surface area contributed by atoms with Gasteiger partial charge >= 0.3 is 6.36 Å². The molecule has 0 unspecified atom stereocenters. The molecule has 1 aromatic carbocycles. The summed E-state index contributed by atoms with van der Waals surface area (Å²) in [5.74, 6) is 0.934. The maximum atomic E-state index is 12.5. The standard InChI is InChI=1S/C16H21F3N6O.HI/c1-3-20-15(22-10-14-24-23-11-25(14)4-2)21-9-12-7-5-6-8-13(12)26-16(17,18)19;/h5-8,11H,3-4,9-10H2,1-2H3,(H2,20,21,22);1H. The summed E-state index contributed by atoms with van der Waals surface area (Å²) >= 11 is 0. The van der Waals surface area contributed by atoms with Gasteiger partial charge in [0, 0.05) is 18.7 Å². The van der Waals surface area contributed by atoms with Crippen LogP contribution in [0.2, 0.25) is 0 Å². The molecule has 11 heteroatoms. The number of ether oxygens (including phenoxy) is 1. The van der Waals surface area contributed by atoms with Crippen LogP contribution < -0.4 is 15.4 Å².